The van der Waals surface area contributed by atoms with E-state index in [1.807, 2.05) is 0 Å². The average Bonchev–Trinajstić information content (AvgIpc) is 2.74. The van der Waals surface area contributed by atoms with Crippen molar-refractivity contribution in [1.29, 1.82) is 0 Å². The third-order valence-corrected chi connectivity index (χ3v) is 4.55. The number of amides is 1. The van der Waals surface area contributed by atoms with Crippen LogP contribution in [0.15, 0.2) is 70.2 Å². The number of benzene rings is 3. The molecule has 0 heterocycles. The van der Waals surface area contributed by atoms with E-state index >= 15 is 0 Å². The molecule has 9 heteroatoms. The number of phenolic OH excluding ortho intramolecular Hbond substituents is 2. The van der Waals surface area contributed by atoms with E-state index in [4.69, 9.17) is 9.47 Å². The van der Waals surface area contributed by atoms with Crippen molar-refractivity contribution in [3.05, 3.63) is 81.8 Å². The molecule has 158 valence electrons. The summed E-state index contributed by atoms with van der Waals surface area (Å²) in [7, 11) is 1.43. The third-order valence-electron chi connectivity index (χ3n) is 4.06. The van der Waals surface area contributed by atoms with Gasteiger partial charge in [-0.1, -0.05) is 22.0 Å². The summed E-state index contributed by atoms with van der Waals surface area (Å²) in [6.45, 7) is 0. The Balaban J connectivity index is 1.69. The maximum absolute atomic E-state index is 12.3. The van der Waals surface area contributed by atoms with Crippen LogP contribution in [-0.4, -0.2) is 35.4 Å². The quantitative estimate of drug-likeness (QED) is 0.211. The largest absolute Gasteiger partial charge is 0.508 e. The summed E-state index contributed by atoms with van der Waals surface area (Å²) in [4.78, 5) is 24.4. The first kappa shape index (κ1) is 21.8. The van der Waals surface area contributed by atoms with Gasteiger partial charge in [0.05, 0.1) is 24.5 Å². The number of carbonyl (C=O) groups excluding carboxylic acids is 2. The standard InChI is InChI=1S/C22H17BrN2O6/c1-30-20-9-13(12-24-25-21(28)17-7-6-16(26)11-18(17)27)5-8-19(20)31-22(29)14-3-2-4-15(23)10-14/h2-12,26-27H,1H3,(H,25,28)/b24-12-. The van der Waals surface area contributed by atoms with E-state index in [2.05, 4.69) is 26.5 Å². The first-order valence-electron chi connectivity index (χ1n) is 8.88. The van der Waals surface area contributed by atoms with Crippen LogP contribution in [0.3, 0.4) is 0 Å². The second-order valence-electron chi connectivity index (χ2n) is 6.21. The minimum Gasteiger partial charge on any atom is -0.508 e. The molecule has 0 saturated carbocycles. The van der Waals surface area contributed by atoms with Crippen molar-refractivity contribution in [2.24, 2.45) is 5.10 Å². The number of nitrogens with one attached hydrogen (secondary N) is 1. The van der Waals surface area contributed by atoms with Crippen LogP contribution in [0.1, 0.15) is 26.3 Å². The Morgan fingerprint density at radius 1 is 1.03 bits per heavy atom. The van der Waals surface area contributed by atoms with Gasteiger partial charge in [-0.3, -0.25) is 4.79 Å². The fraction of sp³-hybridized carbons (Fsp3) is 0.0455. The number of esters is 1. The van der Waals surface area contributed by atoms with Gasteiger partial charge in [-0.25, -0.2) is 10.2 Å². The molecule has 0 aromatic heterocycles. The first-order chi connectivity index (χ1) is 14.9. The van der Waals surface area contributed by atoms with Crippen LogP contribution in [-0.2, 0) is 0 Å². The van der Waals surface area contributed by atoms with Crippen molar-refractivity contribution in [1.82, 2.24) is 5.43 Å². The summed E-state index contributed by atoms with van der Waals surface area (Å²) >= 11 is 3.31. The molecule has 0 atom stereocenters. The predicted molar refractivity (Wildman–Crippen MR) is 117 cm³/mol. The third kappa shape index (κ3) is 5.61. The monoisotopic (exact) mass is 484 g/mol. The summed E-state index contributed by atoms with van der Waals surface area (Å²) in [6.07, 6.45) is 1.36. The van der Waals surface area contributed by atoms with E-state index < -0.39 is 11.9 Å². The second-order valence-corrected chi connectivity index (χ2v) is 7.13. The lowest BCUT2D eigenvalue weighted by molar-refractivity contribution is 0.0729. The van der Waals surface area contributed by atoms with Gasteiger partial charge in [-0.15, -0.1) is 0 Å². The Hall–Kier alpha value is -3.85. The predicted octanol–water partition coefficient (Wildman–Crippen LogP) is 3.85. The van der Waals surface area contributed by atoms with Crippen molar-refractivity contribution >= 4 is 34.0 Å². The molecule has 3 N–H and O–H groups in total. The minimum atomic E-state index is -0.653. The molecular formula is C22H17BrN2O6. The van der Waals surface area contributed by atoms with E-state index in [0.717, 1.165) is 10.5 Å². The zero-order chi connectivity index (χ0) is 22.4. The first-order valence-corrected chi connectivity index (χ1v) is 9.68. The lowest BCUT2D eigenvalue weighted by atomic mass is 10.2. The number of halogens is 1. The minimum absolute atomic E-state index is 0.0395. The molecule has 0 saturated heterocycles. The van der Waals surface area contributed by atoms with Gasteiger partial charge >= 0.3 is 5.97 Å². The van der Waals surface area contributed by atoms with Gasteiger partial charge in [0.1, 0.15) is 11.5 Å². The Morgan fingerprint density at radius 3 is 2.55 bits per heavy atom. The topological polar surface area (TPSA) is 117 Å². The molecule has 8 nitrogen and oxygen atoms in total. The van der Waals surface area contributed by atoms with Gasteiger partial charge in [-0.05, 0) is 54.1 Å². The Bertz CT molecular complexity index is 1160. The highest BCUT2D eigenvalue weighted by molar-refractivity contribution is 9.10. The number of ether oxygens (including phenoxy) is 2. The van der Waals surface area contributed by atoms with Gasteiger partial charge in [0, 0.05) is 10.5 Å². The van der Waals surface area contributed by atoms with Crippen LogP contribution in [0, 0.1) is 0 Å². The Kier molecular flexibility index (Phi) is 6.88. The molecule has 0 radical (unpaired) electrons. The summed E-state index contributed by atoms with van der Waals surface area (Å²) in [6, 6.07) is 15.2. The lowest BCUT2D eigenvalue weighted by Gasteiger charge is -2.10. The molecule has 31 heavy (non-hydrogen) atoms. The Labute approximate surface area is 185 Å². The maximum atomic E-state index is 12.3. The average molecular weight is 485 g/mol. The number of hydrogen-bond acceptors (Lipinski definition) is 7. The highest BCUT2D eigenvalue weighted by Gasteiger charge is 2.14. The van der Waals surface area contributed by atoms with E-state index in [0.29, 0.717) is 16.9 Å². The van der Waals surface area contributed by atoms with E-state index in [-0.39, 0.29) is 22.8 Å². The molecule has 0 spiro atoms. The zero-order valence-electron chi connectivity index (χ0n) is 16.2. The number of phenols is 2. The van der Waals surface area contributed by atoms with Gasteiger partial charge < -0.3 is 19.7 Å². The smallest absolute Gasteiger partial charge is 0.343 e. The SMILES string of the molecule is COc1cc(/C=N\NC(=O)c2ccc(O)cc2O)ccc1OC(=O)c1cccc(Br)c1. The number of aromatic hydroxyl groups is 2. The van der Waals surface area contributed by atoms with Crippen LogP contribution in [0.5, 0.6) is 23.0 Å². The van der Waals surface area contributed by atoms with Gasteiger partial charge in [0.15, 0.2) is 11.5 Å². The summed E-state index contributed by atoms with van der Waals surface area (Å²) in [5.41, 5.74) is 3.18. The van der Waals surface area contributed by atoms with Crippen LogP contribution in [0.4, 0.5) is 0 Å². The van der Waals surface area contributed by atoms with Crippen LogP contribution < -0.4 is 14.9 Å². The molecule has 0 bridgehead atoms. The zero-order valence-corrected chi connectivity index (χ0v) is 17.8. The fourth-order valence-corrected chi connectivity index (χ4v) is 2.96. The second kappa shape index (κ2) is 9.77. The molecular weight excluding hydrogens is 468 g/mol. The van der Waals surface area contributed by atoms with Gasteiger partial charge in [-0.2, -0.15) is 5.10 Å². The van der Waals surface area contributed by atoms with E-state index in [1.54, 1.807) is 42.5 Å². The normalized spacial score (nSPS) is 10.6. The molecule has 0 fully saturated rings. The van der Waals surface area contributed by atoms with Crippen molar-refractivity contribution in [3.8, 4) is 23.0 Å². The van der Waals surface area contributed by atoms with Gasteiger partial charge in [0.2, 0.25) is 0 Å². The Morgan fingerprint density at radius 2 is 1.84 bits per heavy atom. The van der Waals surface area contributed by atoms with Crippen molar-refractivity contribution in [3.63, 3.8) is 0 Å². The van der Waals surface area contributed by atoms with Crippen LogP contribution in [0.25, 0.3) is 0 Å². The molecule has 1 amide bonds. The molecule has 3 rings (SSSR count). The maximum Gasteiger partial charge on any atom is 0.343 e. The van der Waals surface area contributed by atoms with Gasteiger partial charge in [0.25, 0.3) is 5.91 Å². The van der Waals surface area contributed by atoms with Crippen molar-refractivity contribution in [2.45, 2.75) is 0 Å². The van der Waals surface area contributed by atoms with Crippen LogP contribution in [0.2, 0.25) is 0 Å². The number of carbonyl (C=O) groups is 2. The van der Waals surface area contributed by atoms with E-state index in [9.17, 15) is 19.8 Å². The molecule has 0 aliphatic heterocycles. The van der Waals surface area contributed by atoms with Crippen LogP contribution >= 0.6 is 15.9 Å². The highest BCUT2D eigenvalue weighted by Crippen LogP contribution is 2.28. The lowest BCUT2D eigenvalue weighted by Crippen LogP contribution is -2.17. The molecule has 3 aromatic carbocycles. The summed E-state index contributed by atoms with van der Waals surface area (Å²) < 4.78 is 11.4. The molecule has 0 aliphatic rings. The highest BCUT2D eigenvalue weighted by atomic mass is 79.9. The molecule has 0 aliphatic carbocycles. The molecule has 0 unspecified atom stereocenters. The van der Waals surface area contributed by atoms with Crippen molar-refractivity contribution < 1.29 is 29.3 Å². The molecule has 3 aromatic rings. The number of hydrazone groups is 1. The van der Waals surface area contributed by atoms with Crippen molar-refractivity contribution in [2.75, 3.05) is 7.11 Å². The number of hydrogen-bond donors (Lipinski definition) is 3. The number of methoxy groups -OCH3 is 1. The fourth-order valence-electron chi connectivity index (χ4n) is 2.56. The number of nitrogens with zero attached hydrogens (tertiary/aromatic N) is 1. The number of rotatable bonds is 6. The summed E-state index contributed by atoms with van der Waals surface area (Å²) in [5.74, 6) is -1.20. The van der Waals surface area contributed by atoms with E-state index in [1.165, 1.54) is 25.5 Å². The summed E-state index contributed by atoms with van der Waals surface area (Å²) in [5, 5.41) is 22.8.